The first-order chi connectivity index (χ1) is 10.3. The number of hydrogen-bond donors (Lipinski definition) is 1. The summed E-state index contributed by atoms with van der Waals surface area (Å²) in [6.45, 7) is 1.62. The van der Waals surface area contributed by atoms with Crippen molar-refractivity contribution in [2.75, 3.05) is 13.2 Å². The van der Waals surface area contributed by atoms with Crippen LogP contribution in [0.2, 0.25) is 0 Å². The van der Waals surface area contributed by atoms with Gasteiger partial charge in [-0.15, -0.1) is 0 Å². The zero-order valence-corrected chi connectivity index (χ0v) is 11.7. The Morgan fingerprint density at radius 3 is 2.86 bits per heavy atom. The number of likely N-dealkylation sites (tertiary alicyclic amines) is 1. The standard InChI is InChI=1S/C15H18FN3O2/c16-12-6-4-11(5-7-12)15-17-14(21-18-15)9-19-8-2-1-3-13(19)10-20/h4-7,13,20H,1-3,8-10H2. The second-order valence-electron chi connectivity index (χ2n) is 5.32. The molecule has 1 saturated heterocycles. The molecule has 3 rings (SSSR count). The maximum absolute atomic E-state index is 12.9. The highest BCUT2D eigenvalue weighted by Gasteiger charge is 2.23. The van der Waals surface area contributed by atoms with Gasteiger partial charge in [0.15, 0.2) is 0 Å². The molecular weight excluding hydrogens is 273 g/mol. The Hall–Kier alpha value is -1.79. The van der Waals surface area contributed by atoms with Crippen molar-refractivity contribution in [3.8, 4) is 11.4 Å². The van der Waals surface area contributed by atoms with E-state index in [1.165, 1.54) is 12.1 Å². The van der Waals surface area contributed by atoms with Crippen LogP contribution in [0.15, 0.2) is 28.8 Å². The Morgan fingerprint density at radius 2 is 2.10 bits per heavy atom. The number of aliphatic hydroxyl groups excluding tert-OH is 1. The largest absolute Gasteiger partial charge is 0.395 e. The van der Waals surface area contributed by atoms with Crippen LogP contribution in [0, 0.1) is 5.82 Å². The summed E-state index contributed by atoms with van der Waals surface area (Å²) in [4.78, 5) is 6.52. The molecule has 6 heteroatoms. The number of aliphatic hydroxyl groups is 1. The molecule has 1 aliphatic rings. The molecule has 1 aliphatic heterocycles. The Morgan fingerprint density at radius 1 is 1.29 bits per heavy atom. The molecule has 112 valence electrons. The zero-order chi connectivity index (χ0) is 14.7. The van der Waals surface area contributed by atoms with Crippen molar-refractivity contribution in [3.05, 3.63) is 36.0 Å². The minimum absolute atomic E-state index is 0.152. The fraction of sp³-hybridized carbons (Fsp3) is 0.467. The molecule has 1 fully saturated rings. The van der Waals surface area contributed by atoms with Gasteiger partial charge in [-0.25, -0.2) is 4.39 Å². The molecule has 0 bridgehead atoms. The lowest BCUT2D eigenvalue weighted by Crippen LogP contribution is -2.41. The van der Waals surface area contributed by atoms with Crippen molar-refractivity contribution in [2.45, 2.75) is 31.8 Å². The minimum Gasteiger partial charge on any atom is -0.395 e. The lowest BCUT2D eigenvalue weighted by molar-refractivity contribution is 0.0749. The van der Waals surface area contributed by atoms with Crippen LogP contribution in [0.3, 0.4) is 0 Å². The summed E-state index contributed by atoms with van der Waals surface area (Å²) in [6.07, 6.45) is 3.26. The third kappa shape index (κ3) is 3.28. The molecule has 2 heterocycles. The summed E-state index contributed by atoms with van der Waals surface area (Å²) in [7, 11) is 0. The van der Waals surface area contributed by atoms with E-state index in [0.717, 1.165) is 31.4 Å². The first-order valence-corrected chi connectivity index (χ1v) is 7.19. The van der Waals surface area contributed by atoms with E-state index in [4.69, 9.17) is 4.52 Å². The van der Waals surface area contributed by atoms with Gasteiger partial charge in [0.2, 0.25) is 11.7 Å². The lowest BCUT2D eigenvalue weighted by atomic mass is 10.0. The number of benzene rings is 1. The molecule has 0 amide bonds. The fourth-order valence-corrected chi connectivity index (χ4v) is 2.68. The predicted molar refractivity (Wildman–Crippen MR) is 74.8 cm³/mol. The van der Waals surface area contributed by atoms with Crippen LogP contribution in [-0.2, 0) is 6.54 Å². The molecule has 1 N–H and O–H groups in total. The minimum atomic E-state index is -0.290. The number of hydrogen-bond acceptors (Lipinski definition) is 5. The third-order valence-electron chi connectivity index (χ3n) is 3.87. The molecule has 1 aromatic heterocycles. The average Bonchev–Trinajstić information content (AvgIpc) is 2.97. The Bertz CT molecular complexity index is 585. The summed E-state index contributed by atoms with van der Waals surface area (Å²) < 4.78 is 18.2. The second kappa shape index (κ2) is 6.32. The van der Waals surface area contributed by atoms with Gasteiger partial charge in [0, 0.05) is 11.6 Å². The molecule has 0 radical (unpaired) electrons. The Labute approximate surface area is 122 Å². The molecule has 1 atom stereocenters. The summed E-state index contributed by atoms with van der Waals surface area (Å²) >= 11 is 0. The van der Waals surface area contributed by atoms with Gasteiger partial charge in [0.05, 0.1) is 13.2 Å². The van der Waals surface area contributed by atoms with Crippen LogP contribution < -0.4 is 0 Å². The second-order valence-corrected chi connectivity index (χ2v) is 5.32. The molecule has 2 aromatic rings. The van der Waals surface area contributed by atoms with Crippen LogP contribution in [0.1, 0.15) is 25.2 Å². The highest BCUT2D eigenvalue weighted by molar-refractivity contribution is 5.53. The first kappa shape index (κ1) is 14.2. The van der Waals surface area contributed by atoms with Gasteiger partial charge in [0.1, 0.15) is 5.82 Å². The smallest absolute Gasteiger partial charge is 0.241 e. The van der Waals surface area contributed by atoms with Crippen LogP contribution >= 0.6 is 0 Å². The summed E-state index contributed by atoms with van der Waals surface area (Å²) in [6, 6.07) is 6.16. The molecule has 0 saturated carbocycles. The lowest BCUT2D eigenvalue weighted by Gasteiger charge is -2.33. The van der Waals surface area contributed by atoms with Crippen LogP contribution in [0.4, 0.5) is 4.39 Å². The molecule has 0 aliphatic carbocycles. The summed E-state index contributed by atoms with van der Waals surface area (Å²) in [5, 5.41) is 13.3. The zero-order valence-electron chi connectivity index (χ0n) is 11.7. The van der Waals surface area contributed by atoms with E-state index in [9.17, 15) is 9.50 Å². The van der Waals surface area contributed by atoms with Gasteiger partial charge in [0.25, 0.3) is 0 Å². The predicted octanol–water partition coefficient (Wildman–Crippen LogP) is 2.22. The van der Waals surface area contributed by atoms with Crippen molar-refractivity contribution >= 4 is 0 Å². The Kier molecular flexibility index (Phi) is 4.26. The van der Waals surface area contributed by atoms with Gasteiger partial charge < -0.3 is 9.63 Å². The van der Waals surface area contributed by atoms with Gasteiger partial charge >= 0.3 is 0 Å². The van der Waals surface area contributed by atoms with E-state index >= 15 is 0 Å². The number of halogens is 1. The molecule has 1 aromatic carbocycles. The van der Waals surface area contributed by atoms with E-state index in [0.29, 0.717) is 18.3 Å². The molecule has 5 nitrogen and oxygen atoms in total. The van der Waals surface area contributed by atoms with E-state index in [1.54, 1.807) is 12.1 Å². The quantitative estimate of drug-likeness (QED) is 0.936. The topological polar surface area (TPSA) is 62.4 Å². The van der Waals surface area contributed by atoms with Gasteiger partial charge in [-0.1, -0.05) is 11.6 Å². The summed E-state index contributed by atoms with van der Waals surface area (Å²) in [5.41, 5.74) is 0.726. The average molecular weight is 291 g/mol. The fourth-order valence-electron chi connectivity index (χ4n) is 2.68. The van der Waals surface area contributed by atoms with Crippen molar-refractivity contribution in [1.29, 1.82) is 0 Å². The number of aromatic nitrogens is 2. The number of rotatable bonds is 4. The van der Waals surface area contributed by atoms with Crippen molar-refractivity contribution < 1.29 is 14.0 Å². The monoisotopic (exact) mass is 291 g/mol. The van der Waals surface area contributed by atoms with Crippen molar-refractivity contribution in [2.24, 2.45) is 0 Å². The van der Waals surface area contributed by atoms with Crippen LogP contribution in [0.5, 0.6) is 0 Å². The number of nitrogens with zero attached hydrogens (tertiary/aromatic N) is 3. The molecule has 0 spiro atoms. The maximum Gasteiger partial charge on any atom is 0.241 e. The maximum atomic E-state index is 12.9. The number of piperidine rings is 1. The highest BCUT2D eigenvalue weighted by Crippen LogP contribution is 2.21. The van der Waals surface area contributed by atoms with Crippen LogP contribution in [-0.4, -0.2) is 39.3 Å². The van der Waals surface area contributed by atoms with Gasteiger partial charge in [-0.2, -0.15) is 4.98 Å². The van der Waals surface area contributed by atoms with Crippen molar-refractivity contribution in [1.82, 2.24) is 15.0 Å². The molecular formula is C15H18FN3O2. The third-order valence-corrected chi connectivity index (χ3v) is 3.87. The van der Waals surface area contributed by atoms with Crippen molar-refractivity contribution in [3.63, 3.8) is 0 Å². The summed E-state index contributed by atoms with van der Waals surface area (Å²) in [5.74, 6) is 0.693. The molecule has 21 heavy (non-hydrogen) atoms. The first-order valence-electron chi connectivity index (χ1n) is 7.19. The normalized spacial score (nSPS) is 19.8. The van der Waals surface area contributed by atoms with Crippen LogP contribution in [0.25, 0.3) is 11.4 Å². The van der Waals surface area contributed by atoms with Gasteiger partial charge in [-0.3, -0.25) is 4.90 Å². The van der Waals surface area contributed by atoms with E-state index in [2.05, 4.69) is 15.0 Å². The van der Waals surface area contributed by atoms with E-state index in [1.807, 2.05) is 0 Å². The molecule has 1 unspecified atom stereocenters. The highest BCUT2D eigenvalue weighted by atomic mass is 19.1. The SMILES string of the molecule is OCC1CCCCN1Cc1nc(-c2ccc(F)cc2)no1. The van der Waals surface area contributed by atoms with E-state index < -0.39 is 0 Å². The van der Waals surface area contributed by atoms with Gasteiger partial charge in [-0.05, 0) is 43.7 Å². The Balaban J connectivity index is 1.71. The van der Waals surface area contributed by atoms with E-state index in [-0.39, 0.29) is 18.5 Å².